The SMILES string of the molecule is CCCCCCNC(=O)C1CC(=O)N(c2ccccc2CC)C1. The molecule has 126 valence electrons. The Morgan fingerprint density at radius 2 is 2.00 bits per heavy atom. The predicted octanol–water partition coefficient (Wildman–Crippen LogP) is 3.30. The number of nitrogens with zero attached hydrogens (tertiary/aromatic N) is 1. The average molecular weight is 316 g/mol. The molecule has 4 nitrogen and oxygen atoms in total. The van der Waals surface area contributed by atoms with Crippen molar-refractivity contribution < 1.29 is 9.59 Å². The van der Waals surface area contributed by atoms with Crippen LogP contribution in [-0.2, 0) is 16.0 Å². The zero-order valence-electron chi connectivity index (χ0n) is 14.3. The summed E-state index contributed by atoms with van der Waals surface area (Å²) in [7, 11) is 0. The highest BCUT2D eigenvalue weighted by Gasteiger charge is 2.35. The molecule has 0 aliphatic carbocycles. The van der Waals surface area contributed by atoms with Gasteiger partial charge in [0.25, 0.3) is 0 Å². The van der Waals surface area contributed by atoms with E-state index in [1.165, 1.54) is 12.8 Å². The van der Waals surface area contributed by atoms with Gasteiger partial charge in [-0.05, 0) is 24.5 Å². The van der Waals surface area contributed by atoms with Gasteiger partial charge in [0.1, 0.15) is 0 Å². The number of unbranched alkanes of at least 4 members (excludes halogenated alkanes) is 3. The number of nitrogens with one attached hydrogen (secondary N) is 1. The van der Waals surface area contributed by atoms with Gasteiger partial charge in [0.05, 0.1) is 5.92 Å². The van der Waals surface area contributed by atoms with Crippen LogP contribution in [-0.4, -0.2) is 24.9 Å². The van der Waals surface area contributed by atoms with E-state index in [1.54, 1.807) is 4.90 Å². The second-order valence-electron chi connectivity index (χ2n) is 6.24. The molecule has 2 amide bonds. The number of anilines is 1. The first kappa shape index (κ1) is 17.5. The molecular formula is C19H28N2O2. The number of carbonyl (C=O) groups is 2. The Morgan fingerprint density at radius 3 is 2.74 bits per heavy atom. The number of hydrogen-bond donors (Lipinski definition) is 1. The second kappa shape index (κ2) is 8.70. The van der Waals surface area contributed by atoms with Crippen molar-refractivity contribution in [1.82, 2.24) is 5.32 Å². The van der Waals surface area contributed by atoms with E-state index in [9.17, 15) is 9.59 Å². The summed E-state index contributed by atoms with van der Waals surface area (Å²) in [6.45, 7) is 5.47. The van der Waals surface area contributed by atoms with Gasteiger partial charge in [0, 0.05) is 25.2 Å². The summed E-state index contributed by atoms with van der Waals surface area (Å²) >= 11 is 0. The molecule has 0 aromatic heterocycles. The number of aryl methyl sites for hydroxylation is 1. The van der Waals surface area contributed by atoms with Crippen LogP contribution in [0.2, 0.25) is 0 Å². The molecule has 1 saturated heterocycles. The lowest BCUT2D eigenvalue weighted by Crippen LogP contribution is -2.33. The quantitative estimate of drug-likeness (QED) is 0.748. The third-order valence-electron chi connectivity index (χ3n) is 4.49. The molecule has 0 radical (unpaired) electrons. The number of amides is 2. The molecular weight excluding hydrogens is 288 g/mol. The topological polar surface area (TPSA) is 49.4 Å². The highest BCUT2D eigenvalue weighted by molar-refractivity contribution is 6.00. The summed E-state index contributed by atoms with van der Waals surface area (Å²) in [4.78, 5) is 26.4. The monoisotopic (exact) mass is 316 g/mol. The summed E-state index contributed by atoms with van der Waals surface area (Å²) in [5.74, 6) is -0.151. The largest absolute Gasteiger partial charge is 0.356 e. The van der Waals surface area contributed by atoms with Crippen molar-refractivity contribution in [1.29, 1.82) is 0 Å². The maximum Gasteiger partial charge on any atom is 0.227 e. The van der Waals surface area contributed by atoms with E-state index >= 15 is 0 Å². The van der Waals surface area contributed by atoms with Crippen molar-refractivity contribution in [3.05, 3.63) is 29.8 Å². The minimum atomic E-state index is -0.224. The lowest BCUT2D eigenvalue weighted by molar-refractivity contribution is -0.126. The Morgan fingerprint density at radius 1 is 1.22 bits per heavy atom. The average Bonchev–Trinajstić information content (AvgIpc) is 2.96. The summed E-state index contributed by atoms with van der Waals surface area (Å²) < 4.78 is 0. The molecule has 0 bridgehead atoms. The molecule has 1 aliphatic rings. The van der Waals surface area contributed by atoms with Crippen LogP contribution >= 0.6 is 0 Å². The van der Waals surface area contributed by atoms with Gasteiger partial charge in [0.15, 0.2) is 0 Å². The number of rotatable bonds is 8. The van der Waals surface area contributed by atoms with Gasteiger partial charge in [-0.1, -0.05) is 51.3 Å². The first-order chi connectivity index (χ1) is 11.2. The number of benzene rings is 1. The van der Waals surface area contributed by atoms with Gasteiger partial charge in [-0.15, -0.1) is 0 Å². The molecule has 0 spiro atoms. The molecule has 1 aromatic rings. The van der Waals surface area contributed by atoms with Crippen LogP contribution < -0.4 is 10.2 Å². The van der Waals surface area contributed by atoms with Crippen molar-refractivity contribution in [3.63, 3.8) is 0 Å². The van der Waals surface area contributed by atoms with Crippen LogP contribution in [0.15, 0.2) is 24.3 Å². The van der Waals surface area contributed by atoms with E-state index in [4.69, 9.17) is 0 Å². The fourth-order valence-electron chi connectivity index (χ4n) is 3.10. The smallest absolute Gasteiger partial charge is 0.227 e. The third-order valence-corrected chi connectivity index (χ3v) is 4.49. The van der Waals surface area contributed by atoms with Crippen molar-refractivity contribution in [3.8, 4) is 0 Å². The van der Waals surface area contributed by atoms with Gasteiger partial charge in [-0.2, -0.15) is 0 Å². The zero-order chi connectivity index (χ0) is 16.7. The molecule has 1 atom stereocenters. The predicted molar refractivity (Wildman–Crippen MR) is 93.4 cm³/mol. The molecule has 0 saturated carbocycles. The summed E-state index contributed by atoms with van der Waals surface area (Å²) in [6, 6.07) is 7.96. The molecule has 1 aromatic carbocycles. The van der Waals surface area contributed by atoms with Crippen LogP contribution in [0.4, 0.5) is 5.69 Å². The van der Waals surface area contributed by atoms with Gasteiger partial charge >= 0.3 is 0 Å². The molecule has 1 heterocycles. The van der Waals surface area contributed by atoms with E-state index in [-0.39, 0.29) is 17.7 Å². The highest BCUT2D eigenvalue weighted by atomic mass is 16.2. The van der Waals surface area contributed by atoms with Crippen LogP contribution in [0.25, 0.3) is 0 Å². The second-order valence-corrected chi connectivity index (χ2v) is 6.24. The minimum absolute atomic E-state index is 0.0197. The summed E-state index contributed by atoms with van der Waals surface area (Å²) in [5.41, 5.74) is 2.11. The van der Waals surface area contributed by atoms with Crippen molar-refractivity contribution in [2.75, 3.05) is 18.0 Å². The van der Waals surface area contributed by atoms with Crippen LogP contribution in [0, 0.1) is 5.92 Å². The lowest BCUT2D eigenvalue weighted by atomic mass is 10.1. The Hall–Kier alpha value is -1.84. The molecule has 1 fully saturated rings. The molecule has 1 aliphatic heterocycles. The minimum Gasteiger partial charge on any atom is -0.356 e. The van der Waals surface area contributed by atoms with E-state index in [1.807, 2.05) is 24.3 Å². The fraction of sp³-hybridized carbons (Fsp3) is 0.579. The van der Waals surface area contributed by atoms with Gasteiger partial charge < -0.3 is 10.2 Å². The maximum absolute atomic E-state index is 12.3. The van der Waals surface area contributed by atoms with E-state index < -0.39 is 0 Å². The summed E-state index contributed by atoms with van der Waals surface area (Å²) in [5, 5.41) is 2.99. The normalized spacial score (nSPS) is 17.6. The molecule has 4 heteroatoms. The van der Waals surface area contributed by atoms with Crippen molar-refractivity contribution in [2.24, 2.45) is 5.92 Å². The maximum atomic E-state index is 12.3. The molecule has 23 heavy (non-hydrogen) atoms. The number of carbonyl (C=O) groups excluding carboxylic acids is 2. The Labute approximate surface area is 139 Å². The fourth-order valence-corrected chi connectivity index (χ4v) is 3.10. The van der Waals surface area contributed by atoms with E-state index in [2.05, 4.69) is 19.2 Å². The molecule has 1 N–H and O–H groups in total. The van der Waals surface area contributed by atoms with Gasteiger partial charge in [-0.25, -0.2) is 0 Å². The molecule has 1 unspecified atom stereocenters. The van der Waals surface area contributed by atoms with Crippen LogP contribution in [0.5, 0.6) is 0 Å². The Balaban J connectivity index is 1.90. The first-order valence-electron chi connectivity index (χ1n) is 8.83. The van der Waals surface area contributed by atoms with Crippen molar-refractivity contribution >= 4 is 17.5 Å². The summed E-state index contributed by atoms with van der Waals surface area (Å²) in [6.07, 6.45) is 5.77. The lowest BCUT2D eigenvalue weighted by Gasteiger charge is -2.20. The van der Waals surface area contributed by atoms with Crippen LogP contribution in [0.3, 0.4) is 0 Å². The van der Waals surface area contributed by atoms with Crippen molar-refractivity contribution in [2.45, 2.75) is 52.4 Å². The van der Waals surface area contributed by atoms with Gasteiger partial charge in [-0.3, -0.25) is 9.59 Å². The van der Waals surface area contributed by atoms with E-state index in [0.717, 1.165) is 37.1 Å². The first-order valence-corrected chi connectivity index (χ1v) is 8.83. The van der Waals surface area contributed by atoms with Gasteiger partial charge in [0.2, 0.25) is 11.8 Å². The standard InChI is InChI=1S/C19H28N2O2/c1-3-5-6-9-12-20-19(23)16-13-18(22)21(14-16)17-11-8-7-10-15(17)4-2/h7-8,10-11,16H,3-6,9,12-14H2,1-2H3,(H,20,23). The van der Waals surface area contributed by atoms with E-state index in [0.29, 0.717) is 13.0 Å². The Kier molecular flexibility index (Phi) is 6.63. The molecule has 2 rings (SSSR count). The highest BCUT2D eigenvalue weighted by Crippen LogP contribution is 2.28. The Bertz CT molecular complexity index is 542. The van der Waals surface area contributed by atoms with Crippen LogP contribution in [0.1, 0.15) is 51.5 Å². The number of hydrogen-bond acceptors (Lipinski definition) is 2. The number of para-hydroxylation sites is 1. The zero-order valence-corrected chi connectivity index (χ0v) is 14.3. The third kappa shape index (κ3) is 4.57.